The summed E-state index contributed by atoms with van der Waals surface area (Å²) in [5, 5.41) is 12.8. The number of benzene rings is 2. The van der Waals surface area contributed by atoms with Gasteiger partial charge in [-0.2, -0.15) is 0 Å². The van der Waals surface area contributed by atoms with E-state index in [0.717, 1.165) is 18.2 Å². The van der Waals surface area contributed by atoms with Gasteiger partial charge in [0.15, 0.2) is 11.5 Å². The number of ether oxygens (including phenoxy) is 1. The summed E-state index contributed by atoms with van der Waals surface area (Å²) in [6, 6.07) is 8.44. The first-order valence-corrected chi connectivity index (χ1v) is 6.11. The van der Waals surface area contributed by atoms with Gasteiger partial charge in [-0.25, -0.2) is 8.78 Å². The van der Waals surface area contributed by atoms with Crippen LogP contribution < -0.4 is 10.1 Å². The van der Waals surface area contributed by atoms with E-state index >= 15 is 0 Å². The molecule has 0 saturated heterocycles. The Morgan fingerprint density at radius 2 is 1.85 bits per heavy atom. The molecule has 0 amide bonds. The lowest BCUT2D eigenvalue weighted by Crippen LogP contribution is -2.14. The van der Waals surface area contributed by atoms with E-state index in [0.29, 0.717) is 17.9 Å². The SMILES string of the molecule is COc1cccc(CNCc2cc(F)ccc2F)c1O. The zero-order valence-corrected chi connectivity index (χ0v) is 11.0. The molecule has 2 N–H and O–H groups in total. The van der Waals surface area contributed by atoms with Crippen LogP contribution in [0, 0.1) is 11.6 Å². The smallest absolute Gasteiger partial charge is 0.162 e. The predicted molar refractivity (Wildman–Crippen MR) is 71.6 cm³/mol. The maximum Gasteiger partial charge on any atom is 0.162 e. The van der Waals surface area contributed by atoms with E-state index in [-0.39, 0.29) is 17.9 Å². The van der Waals surface area contributed by atoms with E-state index in [1.54, 1.807) is 18.2 Å². The third-order valence-corrected chi connectivity index (χ3v) is 2.94. The topological polar surface area (TPSA) is 41.5 Å². The van der Waals surface area contributed by atoms with Gasteiger partial charge < -0.3 is 15.2 Å². The molecule has 0 heterocycles. The molecule has 2 rings (SSSR count). The van der Waals surface area contributed by atoms with Gasteiger partial charge in [0.1, 0.15) is 11.6 Å². The van der Waals surface area contributed by atoms with Gasteiger partial charge in [-0.1, -0.05) is 12.1 Å². The quantitative estimate of drug-likeness (QED) is 0.884. The Hall–Kier alpha value is -2.14. The minimum absolute atomic E-state index is 0.0437. The van der Waals surface area contributed by atoms with Crippen LogP contribution in [0.3, 0.4) is 0 Å². The molecule has 0 unspecified atom stereocenters. The van der Waals surface area contributed by atoms with Gasteiger partial charge in [0.25, 0.3) is 0 Å². The zero-order chi connectivity index (χ0) is 14.5. The fourth-order valence-corrected chi connectivity index (χ4v) is 1.89. The molecule has 0 atom stereocenters. The number of methoxy groups -OCH3 is 1. The molecule has 0 fully saturated rings. The summed E-state index contributed by atoms with van der Waals surface area (Å²) in [4.78, 5) is 0. The number of hydrogen-bond donors (Lipinski definition) is 2. The number of nitrogens with one attached hydrogen (secondary N) is 1. The molecule has 0 radical (unpaired) electrons. The molecule has 2 aromatic carbocycles. The van der Waals surface area contributed by atoms with Crippen LogP contribution in [0.2, 0.25) is 0 Å². The third-order valence-electron chi connectivity index (χ3n) is 2.94. The van der Waals surface area contributed by atoms with Crippen molar-refractivity contribution >= 4 is 0 Å². The molecular formula is C15H15F2NO2. The highest BCUT2D eigenvalue weighted by Crippen LogP contribution is 2.29. The van der Waals surface area contributed by atoms with E-state index in [2.05, 4.69) is 5.32 Å². The summed E-state index contributed by atoms with van der Waals surface area (Å²) in [5.41, 5.74) is 0.869. The van der Waals surface area contributed by atoms with Crippen LogP contribution in [0.5, 0.6) is 11.5 Å². The van der Waals surface area contributed by atoms with E-state index in [1.165, 1.54) is 7.11 Å². The molecule has 5 heteroatoms. The van der Waals surface area contributed by atoms with Crippen LogP contribution in [0.4, 0.5) is 8.78 Å². The van der Waals surface area contributed by atoms with Crippen LogP contribution >= 0.6 is 0 Å². The van der Waals surface area contributed by atoms with Crippen molar-refractivity contribution in [3.8, 4) is 11.5 Å². The van der Waals surface area contributed by atoms with Gasteiger partial charge in [0.2, 0.25) is 0 Å². The van der Waals surface area contributed by atoms with Crippen molar-refractivity contribution in [1.29, 1.82) is 0 Å². The number of para-hydroxylation sites is 1. The first-order chi connectivity index (χ1) is 9.61. The predicted octanol–water partition coefficient (Wildman–Crippen LogP) is 2.97. The average Bonchev–Trinajstić information content (AvgIpc) is 2.44. The van der Waals surface area contributed by atoms with Crippen molar-refractivity contribution in [2.45, 2.75) is 13.1 Å². The first-order valence-electron chi connectivity index (χ1n) is 6.11. The number of phenolic OH excluding ortho intramolecular Hbond substituents is 1. The van der Waals surface area contributed by atoms with Crippen molar-refractivity contribution in [2.24, 2.45) is 0 Å². The largest absolute Gasteiger partial charge is 0.504 e. The molecular weight excluding hydrogens is 264 g/mol. The zero-order valence-electron chi connectivity index (χ0n) is 11.0. The molecule has 0 aliphatic carbocycles. The Labute approximate surface area is 115 Å². The summed E-state index contributed by atoms with van der Waals surface area (Å²) in [5.74, 6) is -0.523. The van der Waals surface area contributed by atoms with Crippen molar-refractivity contribution < 1.29 is 18.6 Å². The fourth-order valence-electron chi connectivity index (χ4n) is 1.89. The fraction of sp³-hybridized carbons (Fsp3) is 0.200. The molecule has 20 heavy (non-hydrogen) atoms. The lowest BCUT2D eigenvalue weighted by atomic mass is 10.1. The minimum Gasteiger partial charge on any atom is -0.504 e. The highest BCUT2D eigenvalue weighted by Gasteiger charge is 2.08. The molecule has 0 aromatic heterocycles. The Morgan fingerprint density at radius 1 is 1.10 bits per heavy atom. The van der Waals surface area contributed by atoms with Crippen molar-refractivity contribution in [2.75, 3.05) is 7.11 Å². The second-order valence-electron chi connectivity index (χ2n) is 4.31. The molecule has 0 bridgehead atoms. The number of aromatic hydroxyl groups is 1. The highest BCUT2D eigenvalue weighted by atomic mass is 19.1. The third kappa shape index (κ3) is 3.24. The number of rotatable bonds is 5. The summed E-state index contributed by atoms with van der Waals surface area (Å²) in [6.07, 6.45) is 0. The van der Waals surface area contributed by atoms with Crippen LogP contribution in [0.25, 0.3) is 0 Å². The van der Waals surface area contributed by atoms with Crippen molar-refractivity contribution in [1.82, 2.24) is 5.32 Å². The van der Waals surface area contributed by atoms with E-state index < -0.39 is 11.6 Å². The Morgan fingerprint density at radius 3 is 2.60 bits per heavy atom. The molecule has 3 nitrogen and oxygen atoms in total. The molecule has 0 aliphatic heterocycles. The maximum absolute atomic E-state index is 13.4. The first kappa shape index (κ1) is 14.3. The van der Waals surface area contributed by atoms with Gasteiger partial charge in [-0.3, -0.25) is 0 Å². The number of halogens is 2. The Balaban J connectivity index is 2.01. The second-order valence-corrected chi connectivity index (χ2v) is 4.31. The summed E-state index contributed by atoms with van der Waals surface area (Å²) >= 11 is 0. The van der Waals surface area contributed by atoms with E-state index in [1.807, 2.05) is 0 Å². The minimum atomic E-state index is -0.479. The molecule has 106 valence electrons. The summed E-state index contributed by atoms with van der Waals surface area (Å²) in [6.45, 7) is 0.485. The van der Waals surface area contributed by atoms with Gasteiger partial charge in [0, 0.05) is 24.2 Å². The number of phenols is 1. The normalized spacial score (nSPS) is 10.6. The van der Waals surface area contributed by atoms with Crippen LogP contribution in [0.1, 0.15) is 11.1 Å². The van der Waals surface area contributed by atoms with Crippen molar-refractivity contribution in [3.63, 3.8) is 0 Å². The van der Waals surface area contributed by atoms with E-state index in [4.69, 9.17) is 4.74 Å². The summed E-state index contributed by atoms with van der Waals surface area (Å²) in [7, 11) is 1.47. The van der Waals surface area contributed by atoms with Crippen LogP contribution in [-0.4, -0.2) is 12.2 Å². The monoisotopic (exact) mass is 279 g/mol. The summed E-state index contributed by atoms with van der Waals surface area (Å²) < 4.78 is 31.4. The van der Waals surface area contributed by atoms with Gasteiger partial charge in [-0.05, 0) is 24.3 Å². The molecule has 0 spiro atoms. The van der Waals surface area contributed by atoms with Gasteiger partial charge in [-0.15, -0.1) is 0 Å². The maximum atomic E-state index is 13.4. The van der Waals surface area contributed by atoms with E-state index in [9.17, 15) is 13.9 Å². The lowest BCUT2D eigenvalue weighted by molar-refractivity contribution is 0.369. The second kappa shape index (κ2) is 6.34. The highest BCUT2D eigenvalue weighted by molar-refractivity contribution is 5.45. The Bertz CT molecular complexity index is 602. The van der Waals surface area contributed by atoms with Gasteiger partial charge in [0.05, 0.1) is 7.11 Å². The molecule has 2 aromatic rings. The average molecular weight is 279 g/mol. The number of hydrogen-bond acceptors (Lipinski definition) is 3. The Kier molecular flexibility index (Phi) is 4.53. The lowest BCUT2D eigenvalue weighted by Gasteiger charge is -2.10. The molecule has 0 saturated carbocycles. The standard InChI is InChI=1S/C15H15F2NO2/c1-20-14-4-2-3-10(15(14)19)8-18-9-11-7-12(16)5-6-13(11)17/h2-7,18-19H,8-9H2,1H3. The van der Waals surface area contributed by atoms with Crippen LogP contribution in [0.15, 0.2) is 36.4 Å². The van der Waals surface area contributed by atoms with Gasteiger partial charge >= 0.3 is 0 Å². The molecule has 0 aliphatic rings. The van der Waals surface area contributed by atoms with Crippen LogP contribution in [-0.2, 0) is 13.1 Å². The van der Waals surface area contributed by atoms with Crippen molar-refractivity contribution in [3.05, 3.63) is 59.2 Å².